The predicted molar refractivity (Wildman–Crippen MR) is 119 cm³/mol. The standard InChI is InChI=1S/C22H36N6O2/c1-3-9-24-20(29)15-28-11-7-19(8-12-28)27-22(23-2)26-14-18-6-10-25-21(13-18)30-16-17-4-5-17/h6,10,13,17,19H,3-5,7-9,11-12,14-16H2,1-2H3,(H,24,29)(H2,23,26,27). The topological polar surface area (TPSA) is 90.9 Å². The Morgan fingerprint density at radius 1 is 1.27 bits per heavy atom. The fraction of sp³-hybridized carbons (Fsp3) is 0.682. The first-order valence-corrected chi connectivity index (χ1v) is 11.2. The molecule has 3 rings (SSSR count). The zero-order valence-electron chi connectivity index (χ0n) is 18.3. The average Bonchev–Trinajstić information content (AvgIpc) is 3.60. The molecule has 1 aliphatic heterocycles. The Bertz CT molecular complexity index is 699. The van der Waals surface area contributed by atoms with Crippen LogP contribution in [0.1, 0.15) is 44.6 Å². The summed E-state index contributed by atoms with van der Waals surface area (Å²) >= 11 is 0. The van der Waals surface area contributed by atoms with Crippen LogP contribution in [0.3, 0.4) is 0 Å². The molecule has 0 atom stereocenters. The molecule has 2 fully saturated rings. The van der Waals surface area contributed by atoms with E-state index < -0.39 is 0 Å². The molecular weight excluding hydrogens is 380 g/mol. The zero-order chi connectivity index (χ0) is 21.2. The number of aromatic nitrogens is 1. The van der Waals surface area contributed by atoms with Crippen molar-refractivity contribution in [1.29, 1.82) is 0 Å². The molecule has 1 saturated carbocycles. The lowest BCUT2D eigenvalue weighted by atomic mass is 10.1. The van der Waals surface area contributed by atoms with Crippen LogP contribution in [-0.4, -0.2) is 67.6 Å². The predicted octanol–water partition coefficient (Wildman–Crippen LogP) is 1.53. The molecule has 1 aromatic rings. The minimum absolute atomic E-state index is 0.124. The fourth-order valence-electron chi connectivity index (χ4n) is 3.46. The van der Waals surface area contributed by atoms with Crippen molar-refractivity contribution >= 4 is 11.9 Å². The van der Waals surface area contributed by atoms with Crippen LogP contribution in [0.2, 0.25) is 0 Å². The largest absolute Gasteiger partial charge is 0.477 e. The van der Waals surface area contributed by atoms with Crippen LogP contribution >= 0.6 is 0 Å². The van der Waals surface area contributed by atoms with Gasteiger partial charge in [0.05, 0.1) is 13.2 Å². The molecule has 1 saturated heterocycles. The number of carbonyl (C=O) groups excluding carboxylic acids is 1. The lowest BCUT2D eigenvalue weighted by molar-refractivity contribution is -0.122. The van der Waals surface area contributed by atoms with Gasteiger partial charge in [0, 0.05) is 51.5 Å². The summed E-state index contributed by atoms with van der Waals surface area (Å²) in [6, 6.07) is 4.35. The van der Waals surface area contributed by atoms with E-state index in [1.54, 1.807) is 13.2 Å². The molecule has 2 heterocycles. The number of nitrogens with one attached hydrogen (secondary N) is 3. The van der Waals surface area contributed by atoms with Crippen molar-refractivity contribution < 1.29 is 9.53 Å². The maximum atomic E-state index is 11.9. The number of nitrogens with zero attached hydrogens (tertiary/aromatic N) is 3. The molecule has 1 aliphatic carbocycles. The summed E-state index contributed by atoms with van der Waals surface area (Å²) in [4.78, 5) is 22.8. The van der Waals surface area contributed by atoms with Gasteiger partial charge in [-0.1, -0.05) is 6.92 Å². The van der Waals surface area contributed by atoms with Crippen LogP contribution in [0.15, 0.2) is 23.3 Å². The highest BCUT2D eigenvalue weighted by Gasteiger charge is 2.22. The van der Waals surface area contributed by atoms with Crippen molar-refractivity contribution in [2.24, 2.45) is 10.9 Å². The van der Waals surface area contributed by atoms with Crippen LogP contribution in [-0.2, 0) is 11.3 Å². The van der Waals surface area contributed by atoms with Crippen molar-refractivity contribution in [3.05, 3.63) is 23.9 Å². The van der Waals surface area contributed by atoms with Crippen molar-refractivity contribution in [3.8, 4) is 5.88 Å². The summed E-state index contributed by atoms with van der Waals surface area (Å²) in [5.41, 5.74) is 1.12. The first-order valence-electron chi connectivity index (χ1n) is 11.2. The van der Waals surface area contributed by atoms with Gasteiger partial charge in [-0.2, -0.15) is 0 Å². The molecule has 0 bridgehead atoms. The third-order valence-corrected chi connectivity index (χ3v) is 5.51. The first-order chi connectivity index (χ1) is 14.7. The maximum absolute atomic E-state index is 11.9. The van der Waals surface area contributed by atoms with Gasteiger partial charge >= 0.3 is 0 Å². The summed E-state index contributed by atoms with van der Waals surface area (Å²) in [5.74, 6) is 2.33. The summed E-state index contributed by atoms with van der Waals surface area (Å²) < 4.78 is 5.77. The number of carbonyl (C=O) groups is 1. The second kappa shape index (κ2) is 11.7. The van der Waals surface area contributed by atoms with Crippen molar-refractivity contribution in [2.75, 3.05) is 39.8 Å². The minimum atomic E-state index is 0.124. The molecule has 1 aromatic heterocycles. The number of pyridine rings is 1. The van der Waals surface area contributed by atoms with Crippen LogP contribution in [0.25, 0.3) is 0 Å². The normalized spacial score (nSPS) is 18.1. The van der Waals surface area contributed by atoms with Gasteiger partial charge in [0.25, 0.3) is 0 Å². The van der Waals surface area contributed by atoms with E-state index in [4.69, 9.17) is 4.74 Å². The molecule has 1 amide bonds. The SMILES string of the molecule is CCCNC(=O)CN1CCC(NC(=NC)NCc2ccnc(OCC3CC3)c2)CC1. The molecule has 166 valence electrons. The number of ether oxygens (including phenoxy) is 1. The number of aliphatic imine (C=N–C) groups is 1. The average molecular weight is 417 g/mol. The highest BCUT2D eigenvalue weighted by molar-refractivity contribution is 5.80. The van der Waals surface area contributed by atoms with Gasteiger partial charge in [0.15, 0.2) is 5.96 Å². The molecule has 2 aliphatic rings. The minimum Gasteiger partial charge on any atom is -0.477 e. The van der Waals surface area contributed by atoms with Crippen molar-refractivity contribution in [2.45, 2.75) is 51.6 Å². The van der Waals surface area contributed by atoms with Crippen LogP contribution in [0.4, 0.5) is 0 Å². The number of rotatable bonds is 10. The Hall–Kier alpha value is -2.35. The Balaban J connectivity index is 1.37. The van der Waals surface area contributed by atoms with Crippen LogP contribution in [0.5, 0.6) is 5.88 Å². The summed E-state index contributed by atoms with van der Waals surface area (Å²) in [5, 5.41) is 9.84. The van der Waals surface area contributed by atoms with Gasteiger partial charge in [-0.25, -0.2) is 4.98 Å². The van der Waals surface area contributed by atoms with E-state index in [1.165, 1.54) is 12.8 Å². The lowest BCUT2D eigenvalue weighted by Crippen LogP contribution is -2.50. The molecule has 3 N–H and O–H groups in total. The number of amides is 1. The van der Waals surface area contributed by atoms with E-state index in [9.17, 15) is 4.79 Å². The van der Waals surface area contributed by atoms with E-state index in [0.717, 1.165) is 57.0 Å². The van der Waals surface area contributed by atoms with E-state index in [0.29, 0.717) is 30.9 Å². The van der Waals surface area contributed by atoms with Gasteiger partial charge in [-0.15, -0.1) is 0 Å². The Kier molecular flexibility index (Phi) is 8.74. The highest BCUT2D eigenvalue weighted by atomic mass is 16.5. The first kappa shape index (κ1) is 22.3. The van der Waals surface area contributed by atoms with Gasteiger partial charge < -0.3 is 20.7 Å². The van der Waals surface area contributed by atoms with Crippen LogP contribution < -0.4 is 20.7 Å². The second-order valence-corrected chi connectivity index (χ2v) is 8.23. The fourth-order valence-corrected chi connectivity index (χ4v) is 3.46. The quantitative estimate of drug-likeness (QED) is 0.396. The summed E-state index contributed by atoms with van der Waals surface area (Å²) in [7, 11) is 1.79. The van der Waals surface area contributed by atoms with Gasteiger partial charge in [-0.3, -0.25) is 14.7 Å². The maximum Gasteiger partial charge on any atom is 0.234 e. The number of hydrogen-bond donors (Lipinski definition) is 3. The zero-order valence-corrected chi connectivity index (χ0v) is 18.3. The van der Waals surface area contributed by atoms with E-state index in [-0.39, 0.29) is 5.91 Å². The van der Waals surface area contributed by atoms with Gasteiger partial charge in [0.2, 0.25) is 11.8 Å². The molecule has 0 aromatic carbocycles. The second-order valence-electron chi connectivity index (χ2n) is 8.23. The van der Waals surface area contributed by atoms with Crippen LogP contribution in [0, 0.1) is 5.92 Å². The Labute approximate surface area is 179 Å². The highest BCUT2D eigenvalue weighted by Crippen LogP contribution is 2.29. The number of piperidine rings is 1. The van der Waals surface area contributed by atoms with Crippen molar-refractivity contribution in [1.82, 2.24) is 25.8 Å². The molecule has 30 heavy (non-hydrogen) atoms. The Morgan fingerprint density at radius 2 is 2.07 bits per heavy atom. The molecule has 0 unspecified atom stereocenters. The third kappa shape index (κ3) is 7.82. The third-order valence-electron chi connectivity index (χ3n) is 5.51. The van der Waals surface area contributed by atoms with Gasteiger partial charge in [0.1, 0.15) is 0 Å². The van der Waals surface area contributed by atoms with Crippen molar-refractivity contribution in [3.63, 3.8) is 0 Å². The smallest absolute Gasteiger partial charge is 0.234 e. The number of guanidine groups is 1. The lowest BCUT2D eigenvalue weighted by Gasteiger charge is -2.32. The summed E-state index contributed by atoms with van der Waals surface area (Å²) in [6.45, 7) is 6.58. The molecule has 8 nitrogen and oxygen atoms in total. The van der Waals surface area contributed by atoms with E-state index in [2.05, 4.69) is 37.8 Å². The molecule has 0 radical (unpaired) electrons. The monoisotopic (exact) mass is 416 g/mol. The van der Waals surface area contributed by atoms with Gasteiger partial charge in [-0.05, 0) is 49.7 Å². The molecule has 0 spiro atoms. The van der Waals surface area contributed by atoms with E-state index in [1.807, 2.05) is 12.1 Å². The molecular formula is C22H36N6O2. The number of likely N-dealkylation sites (tertiary alicyclic amines) is 1. The number of hydrogen-bond acceptors (Lipinski definition) is 5. The Morgan fingerprint density at radius 3 is 2.77 bits per heavy atom. The van der Waals surface area contributed by atoms with E-state index >= 15 is 0 Å². The summed E-state index contributed by atoms with van der Waals surface area (Å²) in [6.07, 6.45) is 7.30. The molecule has 8 heteroatoms.